The molecule has 0 radical (unpaired) electrons. The molecule has 5 nitrogen and oxygen atoms in total. The number of benzene rings is 1. The van der Waals surface area contributed by atoms with Gasteiger partial charge in [-0.2, -0.15) is 0 Å². The van der Waals surface area contributed by atoms with E-state index in [1.54, 1.807) is 35.2 Å². The Morgan fingerprint density at radius 1 is 1.26 bits per heavy atom. The second kappa shape index (κ2) is 4.89. The normalized spacial score (nSPS) is 11.3. The molecule has 0 aliphatic rings. The van der Waals surface area contributed by atoms with Crippen LogP contribution in [0.25, 0.3) is 0 Å². The molecule has 0 unspecified atom stereocenters. The number of hydrogen-bond donors (Lipinski definition) is 1. The Kier molecular flexibility index (Phi) is 3.44. The van der Waals surface area contributed by atoms with Crippen LogP contribution in [0.4, 0.5) is 5.69 Å². The van der Waals surface area contributed by atoms with Gasteiger partial charge in [-0.3, -0.25) is 4.79 Å². The summed E-state index contributed by atoms with van der Waals surface area (Å²) < 4.78 is 24.6. The number of aromatic nitrogens is 1. The molecule has 1 amide bonds. The number of rotatable bonds is 3. The van der Waals surface area contributed by atoms with Crippen LogP contribution in [-0.2, 0) is 16.9 Å². The van der Waals surface area contributed by atoms with E-state index in [0.29, 0.717) is 11.3 Å². The molecule has 0 saturated carbocycles. The van der Waals surface area contributed by atoms with Crippen LogP contribution in [0.1, 0.15) is 10.4 Å². The average Bonchev–Trinajstić information content (AvgIpc) is 2.75. The molecule has 0 bridgehead atoms. The zero-order chi connectivity index (χ0) is 14.0. The largest absolute Gasteiger partial charge is 0.356 e. The van der Waals surface area contributed by atoms with E-state index in [2.05, 4.69) is 5.32 Å². The van der Waals surface area contributed by atoms with Gasteiger partial charge in [0.15, 0.2) is 9.84 Å². The molecule has 0 spiro atoms. The number of carbonyl (C=O) groups excluding carboxylic acids is 1. The summed E-state index contributed by atoms with van der Waals surface area (Å²) in [6, 6.07) is 7.87. The van der Waals surface area contributed by atoms with Crippen molar-refractivity contribution in [1.82, 2.24) is 4.57 Å². The fourth-order valence-electron chi connectivity index (χ4n) is 1.65. The molecular weight excluding hydrogens is 264 g/mol. The van der Waals surface area contributed by atoms with Gasteiger partial charge in [-0.15, -0.1) is 0 Å². The van der Waals surface area contributed by atoms with Gasteiger partial charge in [0.05, 0.1) is 10.5 Å². The van der Waals surface area contributed by atoms with Crippen molar-refractivity contribution in [1.29, 1.82) is 0 Å². The lowest BCUT2D eigenvalue weighted by molar-refractivity contribution is 0.102. The maximum Gasteiger partial charge on any atom is 0.257 e. The van der Waals surface area contributed by atoms with Crippen molar-refractivity contribution in [3.05, 3.63) is 48.3 Å². The topological polar surface area (TPSA) is 68.2 Å². The van der Waals surface area contributed by atoms with Crippen LogP contribution in [0.15, 0.2) is 47.6 Å². The molecular formula is C13H14N2O3S. The van der Waals surface area contributed by atoms with E-state index in [1.165, 1.54) is 12.1 Å². The summed E-state index contributed by atoms with van der Waals surface area (Å²) in [5.74, 6) is -0.272. The van der Waals surface area contributed by atoms with Gasteiger partial charge in [0.1, 0.15) is 0 Å². The number of nitrogens with one attached hydrogen (secondary N) is 1. The van der Waals surface area contributed by atoms with Gasteiger partial charge in [0, 0.05) is 31.4 Å². The van der Waals surface area contributed by atoms with Crippen molar-refractivity contribution in [2.24, 2.45) is 7.05 Å². The Labute approximate surface area is 111 Å². The fraction of sp³-hybridized carbons (Fsp3) is 0.154. The minimum atomic E-state index is -3.28. The number of sulfone groups is 1. The van der Waals surface area contributed by atoms with E-state index in [-0.39, 0.29) is 10.8 Å². The summed E-state index contributed by atoms with van der Waals surface area (Å²) in [5.41, 5.74) is 0.976. The maximum absolute atomic E-state index is 11.9. The first-order valence-electron chi connectivity index (χ1n) is 5.60. The van der Waals surface area contributed by atoms with Gasteiger partial charge in [0.2, 0.25) is 0 Å². The third kappa shape index (κ3) is 3.23. The second-order valence-electron chi connectivity index (χ2n) is 4.32. The molecule has 1 aromatic heterocycles. The van der Waals surface area contributed by atoms with Crippen LogP contribution >= 0.6 is 0 Å². The van der Waals surface area contributed by atoms with Crippen molar-refractivity contribution in [3.63, 3.8) is 0 Å². The van der Waals surface area contributed by atoms with Crippen LogP contribution in [0.3, 0.4) is 0 Å². The number of anilines is 1. The molecule has 1 aromatic carbocycles. The van der Waals surface area contributed by atoms with Crippen molar-refractivity contribution in [2.45, 2.75) is 4.90 Å². The summed E-state index contributed by atoms with van der Waals surface area (Å²) >= 11 is 0. The lowest BCUT2D eigenvalue weighted by Gasteiger charge is -2.05. The molecule has 0 saturated heterocycles. The first-order valence-corrected chi connectivity index (χ1v) is 7.49. The number of carbonyl (C=O) groups is 1. The fourth-order valence-corrected chi connectivity index (χ4v) is 2.31. The van der Waals surface area contributed by atoms with Crippen molar-refractivity contribution in [3.8, 4) is 0 Å². The van der Waals surface area contributed by atoms with Gasteiger partial charge in [-0.25, -0.2) is 8.42 Å². The molecule has 2 aromatic rings. The highest BCUT2D eigenvalue weighted by molar-refractivity contribution is 7.90. The molecule has 0 fully saturated rings. The van der Waals surface area contributed by atoms with Crippen LogP contribution in [0.2, 0.25) is 0 Å². The Morgan fingerprint density at radius 3 is 2.58 bits per heavy atom. The zero-order valence-corrected chi connectivity index (χ0v) is 11.4. The van der Waals surface area contributed by atoms with Crippen LogP contribution in [0.5, 0.6) is 0 Å². The number of hydrogen-bond acceptors (Lipinski definition) is 3. The molecule has 1 N–H and O–H groups in total. The molecule has 1 heterocycles. The molecule has 6 heteroatoms. The van der Waals surface area contributed by atoms with Gasteiger partial charge < -0.3 is 9.88 Å². The van der Waals surface area contributed by atoms with E-state index < -0.39 is 9.84 Å². The summed E-state index contributed by atoms with van der Waals surface area (Å²) in [5, 5.41) is 2.67. The standard InChI is InChI=1S/C13H14N2O3S/c1-15-7-6-10(9-15)13(16)14-11-4-3-5-12(8-11)19(2,17)18/h3-9H,1-2H3,(H,14,16). The van der Waals surface area contributed by atoms with E-state index in [4.69, 9.17) is 0 Å². The Bertz CT molecular complexity index is 717. The Morgan fingerprint density at radius 2 is 2.00 bits per heavy atom. The molecule has 100 valence electrons. The third-order valence-corrected chi connectivity index (χ3v) is 3.72. The van der Waals surface area contributed by atoms with Gasteiger partial charge in [0.25, 0.3) is 5.91 Å². The van der Waals surface area contributed by atoms with Crippen molar-refractivity contribution >= 4 is 21.4 Å². The Balaban J connectivity index is 2.22. The van der Waals surface area contributed by atoms with E-state index >= 15 is 0 Å². The SMILES string of the molecule is Cn1ccc(C(=O)Nc2cccc(S(C)(=O)=O)c2)c1. The average molecular weight is 278 g/mol. The summed E-state index contributed by atoms with van der Waals surface area (Å²) in [7, 11) is -1.46. The molecule has 19 heavy (non-hydrogen) atoms. The Hall–Kier alpha value is -2.08. The van der Waals surface area contributed by atoms with Crippen LogP contribution < -0.4 is 5.32 Å². The molecule has 0 atom stereocenters. The highest BCUT2D eigenvalue weighted by Crippen LogP contribution is 2.16. The van der Waals surface area contributed by atoms with Crippen LogP contribution in [0, 0.1) is 0 Å². The third-order valence-electron chi connectivity index (χ3n) is 2.61. The van der Waals surface area contributed by atoms with Crippen molar-refractivity contribution in [2.75, 3.05) is 11.6 Å². The van der Waals surface area contributed by atoms with Gasteiger partial charge in [-0.05, 0) is 24.3 Å². The van der Waals surface area contributed by atoms with Gasteiger partial charge >= 0.3 is 0 Å². The molecule has 2 rings (SSSR count). The predicted octanol–water partition coefficient (Wildman–Crippen LogP) is 1.68. The lowest BCUT2D eigenvalue weighted by Crippen LogP contribution is -2.11. The smallest absolute Gasteiger partial charge is 0.257 e. The first-order chi connectivity index (χ1) is 8.86. The highest BCUT2D eigenvalue weighted by atomic mass is 32.2. The highest BCUT2D eigenvalue weighted by Gasteiger charge is 2.10. The van der Waals surface area contributed by atoms with Crippen molar-refractivity contribution < 1.29 is 13.2 Å². The predicted molar refractivity (Wildman–Crippen MR) is 72.9 cm³/mol. The maximum atomic E-state index is 11.9. The summed E-state index contributed by atoms with van der Waals surface area (Å²) in [6.07, 6.45) is 4.59. The monoisotopic (exact) mass is 278 g/mol. The first kappa shape index (κ1) is 13.4. The summed E-state index contributed by atoms with van der Waals surface area (Å²) in [4.78, 5) is 12.1. The zero-order valence-electron chi connectivity index (χ0n) is 10.6. The lowest BCUT2D eigenvalue weighted by atomic mass is 10.3. The van der Waals surface area contributed by atoms with E-state index in [9.17, 15) is 13.2 Å². The molecule has 0 aliphatic carbocycles. The number of nitrogens with zero attached hydrogens (tertiary/aromatic N) is 1. The van der Waals surface area contributed by atoms with Gasteiger partial charge in [-0.1, -0.05) is 6.07 Å². The van der Waals surface area contributed by atoms with E-state index in [0.717, 1.165) is 6.26 Å². The van der Waals surface area contributed by atoms with E-state index in [1.807, 2.05) is 7.05 Å². The quantitative estimate of drug-likeness (QED) is 0.928. The minimum absolute atomic E-state index is 0.179. The summed E-state index contributed by atoms with van der Waals surface area (Å²) in [6.45, 7) is 0. The number of aryl methyl sites for hydroxylation is 1. The molecule has 0 aliphatic heterocycles. The number of amides is 1. The second-order valence-corrected chi connectivity index (χ2v) is 6.34. The van der Waals surface area contributed by atoms with Crippen LogP contribution in [-0.4, -0.2) is 25.1 Å². The minimum Gasteiger partial charge on any atom is -0.356 e.